The summed E-state index contributed by atoms with van der Waals surface area (Å²) in [5.74, 6) is -3.26. The van der Waals surface area contributed by atoms with Gasteiger partial charge in [-0.3, -0.25) is 19.3 Å². The predicted octanol–water partition coefficient (Wildman–Crippen LogP) is 5.30. The van der Waals surface area contributed by atoms with Crippen molar-refractivity contribution < 1.29 is 23.5 Å². The Morgan fingerprint density at radius 3 is 2.46 bits per heavy atom. The number of benzene rings is 3. The maximum Gasteiger partial charge on any atom is 0.297 e. The minimum Gasteiger partial charge on any atom is -0.494 e. The molecule has 1 fully saturated rings. The second kappa shape index (κ2) is 9.03. The van der Waals surface area contributed by atoms with Gasteiger partial charge >= 0.3 is 0 Å². The maximum atomic E-state index is 13.7. The SMILES string of the molecule is CCOc1ccc(C(=O)C2C(=O)C(=O)N(c3nc4ccc(C)cc4s3)C2c2ccc(F)cc2)cc1. The summed E-state index contributed by atoms with van der Waals surface area (Å²) < 4.78 is 20.0. The zero-order chi connectivity index (χ0) is 24.7. The van der Waals surface area contributed by atoms with Crippen molar-refractivity contribution in [2.75, 3.05) is 11.5 Å². The number of thiazole rings is 1. The molecule has 35 heavy (non-hydrogen) atoms. The molecule has 176 valence electrons. The average molecular weight is 489 g/mol. The lowest BCUT2D eigenvalue weighted by Crippen LogP contribution is -2.30. The number of halogens is 1. The van der Waals surface area contributed by atoms with Gasteiger partial charge in [-0.05, 0) is 73.5 Å². The van der Waals surface area contributed by atoms with Gasteiger partial charge in [0.2, 0.25) is 5.78 Å². The summed E-state index contributed by atoms with van der Waals surface area (Å²) in [6, 6.07) is 16.7. The Hall–Kier alpha value is -3.91. The molecule has 0 spiro atoms. The molecular weight excluding hydrogens is 467 g/mol. The number of anilines is 1. The van der Waals surface area contributed by atoms with Crippen LogP contribution in [-0.4, -0.2) is 29.1 Å². The number of amides is 1. The van der Waals surface area contributed by atoms with Crippen LogP contribution in [0.2, 0.25) is 0 Å². The molecule has 0 bridgehead atoms. The van der Waals surface area contributed by atoms with Crippen LogP contribution in [0.15, 0.2) is 66.7 Å². The quantitative estimate of drug-likeness (QED) is 0.209. The number of fused-ring (bicyclic) bond motifs is 1. The van der Waals surface area contributed by atoms with Gasteiger partial charge in [-0.25, -0.2) is 9.37 Å². The normalized spacial score (nSPS) is 17.9. The largest absolute Gasteiger partial charge is 0.494 e. The molecule has 1 saturated heterocycles. The van der Waals surface area contributed by atoms with Crippen LogP contribution in [0, 0.1) is 18.7 Å². The molecule has 8 heteroatoms. The van der Waals surface area contributed by atoms with Crippen LogP contribution in [0.5, 0.6) is 5.75 Å². The minimum absolute atomic E-state index is 0.286. The van der Waals surface area contributed by atoms with Gasteiger partial charge in [0.15, 0.2) is 10.9 Å². The Balaban J connectivity index is 1.61. The third kappa shape index (κ3) is 4.10. The molecule has 0 saturated carbocycles. The number of aryl methyl sites for hydroxylation is 1. The van der Waals surface area contributed by atoms with Crippen LogP contribution >= 0.6 is 11.3 Å². The van der Waals surface area contributed by atoms with Gasteiger partial charge in [-0.15, -0.1) is 0 Å². The number of ether oxygens (including phenoxy) is 1. The van der Waals surface area contributed by atoms with E-state index in [9.17, 15) is 18.8 Å². The number of carbonyl (C=O) groups excluding carboxylic acids is 3. The second-order valence-electron chi connectivity index (χ2n) is 8.30. The van der Waals surface area contributed by atoms with Crippen LogP contribution in [0.3, 0.4) is 0 Å². The average Bonchev–Trinajstić information content (AvgIpc) is 3.37. The fourth-order valence-corrected chi connectivity index (χ4v) is 5.42. The van der Waals surface area contributed by atoms with Gasteiger partial charge in [0.1, 0.15) is 17.5 Å². The van der Waals surface area contributed by atoms with Crippen molar-refractivity contribution in [1.82, 2.24) is 4.98 Å². The number of rotatable bonds is 6. The number of aromatic nitrogens is 1. The standard InChI is InChI=1S/C27H21FN2O4S/c1-3-34-19-11-7-17(8-12-19)24(31)22-23(16-5-9-18(28)10-6-16)30(26(33)25(22)32)27-29-20-13-4-15(2)14-21(20)35-27/h4-14,22-23H,3H2,1-2H3. The van der Waals surface area contributed by atoms with E-state index in [4.69, 9.17) is 4.74 Å². The highest BCUT2D eigenvalue weighted by atomic mass is 32.1. The molecule has 5 rings (SSSR count). The first-order chi connectivity index (χ1) is 16.9. The Morgan fingerprint density at radius 2 is 1.77 bits per heavy atom. The first-order valence-corrected chi connectivity index (χ1v) is 12.0. The summed E-state index contributed by atoms with van der Waals surface area (Å²) in [4.78, 5) is 46.0. The van der Waals surface area contributed by atoms with E-state index >= 15 is 0 Å². The topological polar surface area (TPSA) is 76.6 Å². The van der Waals surface area contributed by atoms with Crippen molar-refractivity contribution in [3.05, 3.63) is 89.2 Å². The highest BCUT2D eigenvalue weighted by Crippen LogP contribution is 2.43. The van der Waals surface area contributed by atoms with Crippen molar-refractivity contribution in [2.24, 2.45) is 5.92 Å². The number of ketones is 2. The van der Waals surface area contributed by atoms with Crippen molar-refractivity contribution in [1.29, 1.82) is 0 Å². The van der Waals surface area contributed by atoms with E-state index in [0.717, 1.165) is 10.3 Å². The van der Waals surface area contributed by atoms with Crippen LogP contribution < -0.4 is 9.64 Å². The molecule has 2 heterocycles. The van der Waals surface area contributed by atoms with Crippen LogP contribution in [0.1, 0.15) is 34.5 Å². The van der Waals surface area contributed by atoms with Crippen molar-refractivity contribution in [3.8, 4) is 5.75 Å². The molecular formula is C27H21FN2O4S. The fourth-order valence-electron chi connectivity index (χ4n) is 4.32. The van der Waals surface area contributed by atoms with Crippen molar-refractivity contribution in [3.63, 3.8) is 0 Å². The van der Waals surface area contributed by atoms with Gasteiger partial charge in [-0.1, -0.05) is 29.5 Å². The van der Waals surface area contributed by atoms with Gasteiger partial charge in [0.05, 0.1) is 22.9 Å². The lowest BCUT2D eigenvalue weighted by Gasteiger charge is -2.25. The predicted molar refractivity (Wildman–Crippen MR) is 131 cm³/mol. The smallest absolute Gasteiger partial charge is 0.297 e. The third-order valence-corrected chi connectivity index (χ3v) is 7.01. The molecule has 6 nitrogen and oxygen atoms in total. The Bertz CT molecular complexity index is 1450. The number of carbonyl (C=O) groups is 3. The van der Waals surface area contributed by atoms with E-state index in [1.54, 1.807) is 24.3 Å². The minimum atomic E-state index is -1.29. The summed E-state index contributed by atoms with van der Waals surface area (Å²) in [7, 11) is 0. The first kappa shape index (κ1) is 22.9. The molecule has 3 aromatic carbocycles. The molecule has 1 aliphatic rings. The molecule has 0 N–H and O–H groups in total. The third-order valence-electron chi connectivity index (χ3n) is 5.99. The number of nitrogens with zero attached hydrogens (tertiary/aromatic N) is 2. The molecule has 1 aliphatic heterocycles. The van der Waals surface area contributed by atoms with Crippen LogP contribution in [0.25, 0.3) is 10.2 Å². The van der Waals surface area contributed by atoms with Crippen LogP contribution in [0.4, 0.5) is 9.52 Å². The highest BCUT2D eigenvalue weighted by molar-refractivity contribution is 7.22. The van der Waals surface area contributed by atoms with E-state index in [2.05, 4.69) is 4.98 Å². The summed E-state index contributed by atoms with van der Waals surface area (Å²) in [5, 5.41) is 0.320. The summed E-state index contributed by atoms with van der Waals surface area (Å²) in [6.45, 7) is 4.29. The van der Waals surface area contributed by atoms with E-state index in [1.807, 2.05) is 32.0 Å². The molecule has 1 aromatic heterocycles. The molecule has 0 aliphatic carbocycles. The fraction of sp³-hybridized carbons (Fsp3) is 0.185. The summed E-state index contributed by atoms with van der Waals surface area (Å²) in [5.41, 5.74) is 2.49. The molecule has 2 unspecified atom stereocenters. The van der Waals surface area contributed by atoms with Gasteiger partial charge in [-0.2, -0.15) is 0 Å². The lowest BCUT2D eigenvalue weighted by atomic mass is 9.86. The van der Waals surface area contributed by atoms with Gasteiger partial charge in [0.25, 0.3) is 5.91 Å². The first-order valence-electron chi connectivity index (χ1n) is 11.1. The van der Waals surface area contributed by atoms with Crippen LogP contribution in [-0.2, 0) is 9.59 Å². The van der Waals surface area contributed by atoms with Gasteiger partial charge < -0.3 is 4.74 Å². The molecule has 4 aromatic rings. The Morgan fingerprint density at radius 1 is 1.06 bits per heavy atom. The van der Waals surface area contributed by atoms with E-state index in [0.29, 0.717) is 28.6 Å². The Labute approximate surface area is 205 Å². The van der Waals surface area contributed by atoms with Crippen molar-refractivity contribution >= 4 is 44.2 Å². The molecule has 1 amide bonds. The summed E-state index contributed by atoms with van der Waals surface area (Å²) in [6.07, 6.45) is 0. The number of Topliss-reactive ketones (excluding diaryl/α,β-unsaturated/α-hetero) is 2. The van der Waals surface area contributed by atoms with Crippen molar-refractivity contribution in [2.45, 2.75) is 19.9 Å². The lowest BCUT2D eigenvalue weighted by molar-refractivity contribution is -0.135. The van der Waals surface area contributed by atoms with E-state index in [1.165, 1.54) is 40.5 Å². The van der Waals surface area contributed by atoms with E-state index in [-0.39, 0.29) is 5.56 Å². The second-order valence-corrected chi connectivity index (χ2v) is 9.31. The number of hydrogen-bond donors (Lipinski definition) is 0. The molecule has 0 radical (unpaired) electrons. The monoisotopic (exact) mass is 488 g/mol. The maximum absolute atomic E-state index is 13.7. The zero-order valence-electron chi connectivity index (χ0n) is 19.0. The highest BCUT2D eigenvalue weighted by Gasteiger charge is 2.53. The Kier molecular flexibility index (Phi) is 5.90. The van der Waals surface area contributed by atoms with E-state index < -0.39 is 35.3 Å². The molecule has 2 atom stereocenters. The number of hydrogen-bond acceptors (Lipinski definition) is 6. The summed E-state index contributed by atoms with van der Waals surface area (Å²) >= 11 is 1.27. The zero-order valence-corrected chi connectivity index (χ0v) is 19.8. The van der Waals surface area contributed by atoms with Gasteiger partial charge in [0, 0.05) is 5.56 Å².